The number of nitrogens with one attached hydrogen (secondary N) is 1. The Morgan fingerprint density at radius 3 is 2.26 bits per heavy atom. The molecule has 0 amide bonds. The molecule has 0 heterocycles. The fourth-order valence-electron chi connectivity index (χ4n) is 2.54. The van der Waals surface area contributed by atoms with Gasteiger partial charge in [-0.1, -0.05) is 47.5 Å². The summed E-state index contributed by atoms with van der Waals surface area (Å²) >= 11 is 6.12. The minimum absolute atomic E-state index is 0.135. The topological polar surface area (TPSA) is 55.4 Å². The predicted molar refractivity (Wildman–Crippen MR) is 109 cm³/mol. The second kappa shape index (κ2) is 8.03. The van der Waals surface area contributed by atoms with Crippen molar-refractivity contribution in [2.75, 3.05) is 5.32 Å². The molecule has 27 heavy (non-hydrogen) atoms. The van der Waals surface area contributed by atoms with Gasteiger partial charge < -0.3 is 9.50 Å². The number of hydrogen-bond donors (Lipinski definition) is 1. The Hall–Kier alpha value is -2.50. The van der Waals surface area contributed by atoms with Gasteiger partial charge in [-0.2, -0.15) is 8.42 Å². The summed E-state index contributed by atoms with van der Waals surface area (Å²) in [5, 5.41) is 4.04. The number of halogens is 1. The van der Waals surface area contributed by atoms with Crippen LogP contribution in [0.2, 0.25) is 5.02 Å². The standard InChI is InChI=1S/C21H20ClNO3S/c1-15-6-12-19(13-7-15)27(24,25)26-18-10-8-17(9-11-18)14-23-21-5-3-4-20(22)16(21)2/h3-13,23H,14H2,1-2H3. The average molecular weight is 402 g/mol. The van der Waals surface area contributed by atoms with E-state index >= 15 is 0 Å². The van der Waals surface area contributed by atoms with Gasteiger partial charge >= 0.3 is 10.1 Å². The number of aryl methyl sites for hydroxylation is 1. The molecule has 140 valence electrons. The van der Waals surface area contributed by atoms with E-state index < -0.39 is 10.1 Å². The Balaban J connectivity index is 1.66. The van der Waals surface area contributed by atoms with Crippen molar-refractivity contribution in [2.24, 2.45) is 0 Å². The molecule has 0 radical (unpaired) electrons. The second-order valence-corrected chi connectivity index (χ2v) is 8.21. The first kappa shape index (κ1) is 19.3. The number of anilines is 1. The molecular weight excluding hydrogens is 382 g/mol. The van der Waals surface area contributed by atoms with Crippen LogP contribution >= 0.6 is 11.6 Å². The molecule has 0 saturated heterocycles. The highest BCUT2D eigenvalue weighted by Crippen LogP contribution is 2.24. The Bertz CT molecular complexity index is 1030. The zero-order chi connectivity index (χ0) is 19.4. The molecule has 0 aliphatic carbocycles. The summed E-state index contributed by atoms with van der Waals surface area (Å²) in [6.45, 7) is 4.44. The third-order valence-corrected chi connectivity index (χ3v) is 5.86. The van der Waals surface area contributed by atoms with Crippen molar-refractivity contribution in [3.63, 3.8) is 0 Å². The maximum atomic E-state index is 12.3. The second-order valence-electron chi connectivity index (χ2n) is 6.26. The summed E-state index contributed by atoms with van der Waals surface area (Å²) in [5.74, 6) is 0.276. The summed E-state index contributed by atoms with van der Waals surface area (Å²) in [5.41, 5.74) is 3.93. The molecule has 6 heteroatoms. The lowest BCUT2D eigenvalue weighted by Crippen LogP contribution is -2.09. The van der Waals surface area contributed by atoms with E-state index in [1.54, 1.807) is 24.3 Å². The van der Waals surface area contributed by atoms with Crippen LogP contribution in [0.4, 0.5) is 5.69 Å². The summed E-state index contributed by atoms with van der Waals surface area (Å²) in [7, 11) is -3.84. The molecule has 0 unspecified atom stereocenters. The van der Waals surface area contributed by atoms with Crippen molar-refractivity contribution in [3.8, 4) is 5.75 Å². The molecule has 0 bridgehead atoms. The molecule has 0 aromatic heterocycles. The first-order valence-electron chi connectivity index (χ1n) is 8.44. The Morgan fingerprint density at radius 2 is 1.59 bits per heavy atom. The maximum absolute atomic E-state index is 12.3. The van der Waals surface area contributed by atoms with Crippen LogP contribution in [-0.2, 0) is 16.7 Å². The van der Waals surface area contributed by atoms with Crippen molar-refractivity contribution >= 4 is 27.4 Å². The van der Waals surface area contributed by atoms with Crippen molar-refractivity contribution in [1.29, 1.82) is 0 Å². The highest BCUT2D eigenvalue weighted by Gasteiger charge is 2.16. The maximum Gasteiger partial charge on any atom is 0.339 e. The van der Waals surface area contributed by atoms with Crippen molar-refractivity contribution in [2.45, 2.75) is 25.3 Å². The Labute approximate surface area is 164 Å². The van der Waals surface area contributed by atoms with E-state index in [0.717, 1.165) is 22.4 Å². The number of hydrogen-bond acceptors (Lipinski definition) is 4. The normalized spacial score (nSPS) is 11.2. The zero-order valence-electron chi connectivity index (χ0n) is 15.1. The van der Waals surface area contributed by atoms with Crippen LogP contribution in [0.5, 0.6) is 5.75 Å². The minimum atomic E-state index is -3.84. The number of benzene rings is 3. The lowest BCUT2D eigenvalue weighted by atomic mass is 10.1. The van der Waals surface area contributed by atoms with Gasteiger partial charge in [0, 0.05) is 17.3 Å². The third-order valence-electron chi connectivity index (χ3n) is 4.19. The van der Waals surface area contributed by atoms with E-state index in [-0.39, 0.29) is 10.6 Å². The van der Waals surface area contributed by atoms with E-state index in [4.69, 9.17) is 15.8 Å². The van der Waals surface area contributed by atoms with Gasteiger partial charge in [0.15, 0.2) is 0 Å². The Kier molecular flexibility index (Phi) is 5.73. The first-order valence-corrected chi connectivity index (χ1v) is 10.2. The largest absolute Gasteiger partial charge is 0.381 e. The van der Waals surface area contributed by atoms with Gasteiger partial charge in [0.2, 0.25) is 0 Å². The van der Waals surface area contributed by atoms with E-state index in [2.05, 4.69) is 5.32 Å². The van der Waals surface area contributed by atoms with Gasteiger partial charge in [0.05, 0.1) is 0 Å². The smallest absolute Gasteiger partial charge is 0.339 e. The molecule has 0 atom stereocenters. The summed E-state index contributed by atoms with van der Waals surface area (Å²) < 4.78 is 29.9. The van der Waals surface area contributed by atoms with Crippen LogP contribution in [0.25, 0.3) is 0 Å². The quantitative estimate of drug-likeness (QED) is 0.566. The van der Waals surface area contributed by atoms with Gasteiger partial charge in [-0.15, -0.1) is 0 Å². The fraction of sp³-hybridized carbons (Fsp3) is 0.143. The van der Waals surface area contributed by atoms with E-state index in [1.165, 1.54) is 12.1 Å². The lowest BCUT2D eigenvalue weighted by Gasteiger charge is -2.11. The van der Waals surface area contributed by atoms with Crippen molar-refractivity contribution in [3.05, 3.63) is 88.4 Å². The van der Waals surface area contributed by atoms with E-state index in [9.17, 15) is 8.42 Å². The van der Waals surface area contributed by atoms with Gasteiger partial charge in [-0.3, -0.25) is 0 Å². The molecule has 4 nitrogen and oxygen atoms in total. The summed E-state index contributed by atoms with van der Waals surface area (Å²) in [6.07, 6.45) is 0. The third kappa shape index (κ3) is 4.81. The first-order chi connectivity index (χ1) is 12.8. The molecule has 0 aliphatic rings. The summed E-state index contributed by atoms with van der Waals surface area (Å²) in [4.78, 5) is 0.135. The molecule has 0 spiro atoms. The monoisotopic (exact) mass is 401 g/mol. The van der Waals surface area contributed by atoms with Crippen LogP contribution in [-0.4, -0.2) is 8.42 Å². The minimum Gasteiger partial charge on any atom is -0.381 e. The van der Waals surface area contributed by atoms with Crippen LogP contribution in [0.15, 0.2) is 71.6 Å². The summed E-state index contributed by atoms with van der Waals surface area (Å²) in [6, 6.07) is 19.2. The molecule has 0 fully saturated rings. The molecule has 3 rings (SSSR count). The molecule has 0 saturated carbocycles. The van der Waals surface area contributed by atoms with Gasteiger partial charge in [-0.25, -0.2) is 0 Å². The van der Waals surface area contributed by atoms with Crippen molar-refractivity contribution in [1.82, 2.24) is 0 Å². The molecule has 1 N–H and O–H groups in total. The number of rotatable bonds is 6. The SMILES string of the molecule is Cc1ccc(S(=O)(=O)Oc2ccc(CNc3cccc(Cl)c3C)cc2)cc1. The van der Waals surface area contributed by atoms with Gasteiger partial charge in [-0.05, 0) is 61.4 Å². The highest BCUT2D eigenvalue weighted by atomic mass is 35.5. The molecule has 3 aromatic rings. The van der Waals surface area contributed by atoms with Gasteiger partial charge in [0.1, 0.15) is 10.6 Å². The highest BCUT2D eigenvalue weighted by molar-refractivity contribution is 7.87. The predicted octanol–water partition coefficient (Wildman–Crippen LogP) is 5.34. The van der Waals surface area contributed by atoms with Gasteiger partial charge in [0.25, 0.3) is 0 Å². The van der Waals surface area contributed by atoms with Crippen LogP contribution < -0.4 is 9.50 Å². The zero-order valence-corrected chi connectivity index (χ0v) is 16.6. The lowest BCUT2D eigenvalue weighted by molar-refractivity contribution is 0.486. The van der Waals surface area contributed by atoms with Crippen molar-refractivity contribution < 1.29 is 12.6 Å². The van der Waals surface area contributed by atoms with Crippen LogP contribution in [0, 0.1) is 13.8 Å². The Morgan fingerprint density at radius 1 is 0.926 bits per heavy atom. The van der Waals surface area contributed by atoms with Crippen LogP contribution in [0.3, 0.4) is 0 Å². The van der Waals surface area contributed by atoms with E-state index in [1.807, 2.05) is 44.2 Å². The average Bonchev–Trinajstić information content (AvgIpc) is 2.64. The molecule has 0 aliphatic heterocycles. The van der Waals surface area contributed by atoms with E-state index in [0.29, 0.717) is 11.6 Å². The molecular formula is C21H20ClNO3S. The molecule has 3 aromatic carbocycles. The fourth-order valence-corrected chi connectivity index (χ4v) is 3.64. The van der Waals surface area contributed by atoms with Crippen LogP contribution in [0.1, 0.15) is 16.7 Å².